The number of ether oxygens (including phenoxy) is 1. The van der Waals surface area contributed by atoms with Crippen molar-refractivity contribution in [3.8, 4) is 0 Å². The topological polar surface area (TPSA) is 26.3 Å². The van der Waals surface area contributed by atoms with E-state index in [9.17, 15) is 4.79 Å². The van der Waals surface area contributed by atoms with E-state index < -0.39 is 0 Å². The first-order chi connectivity index (χ1) is 5.69. The van der Waals surface area contributed by atoms with E-state index >= 15 is 0 Å². The third-order valence-electron chi connectivity index (χ3n) is 2.64. The molecule has 0 aromatic carbocycles. The quantitative estimate of drug-likeness (QED) is 0.608. The summed E-state index contributed by atoms with van der Waals surface area (Å²) in [6.07, 6.45) is 5.29. The van der Waals surface area contributed by atoms with Gasteiger partial charge in [0.1, 0.15) is 0 Å². The second-order valence-corrected chi connectivity index (χ2v) is 3.90. The lowest BCUT2D eigenvalue weighted by Gasteiger charge is -2.20. The van der Waals surface area contributed by atoms with Crippen LogP contribution in [0.3, 0.4) is 0 Å². The van der Waals surface area contributed by atoms with Crippen molar-refractivity contribution in [2.45, 2.75) is 46.0 Å². The van der Waals surface area contributed by atoms with Crippen LogP contribution in [0.1, 0.15) is 46.0 Å². The van der Waals surface area contributed by atoms with Gasteiger partial charge in [-0.2, -0.15) is 0 Å². The molecule has 1 rings (SSSR count). The van der Waals surface area contributed by atoms with Crippen LogP contribution in [0.15, 0.2) is 0 Å². The molecule has 0 amide bonds. The molecule has 1 aliphatic rings. The number of hydrogen-bond donors (Lipinski definition) is 0. The Morgan fingerprint density at radius 1 is 1.42 bits per heavy atom. The molecule has 0 unspecified atom stereocenters. The molecule has 2 nitrogen and oxygen atoms in total. The predicted molar refractivity (Wildman–Crippen MR) is 47.8 cm³/mol. The van der Waals surface area contributed by atoms with Crippen LogP contribution in [-0.4, -0.2) is 12.6 Å². The van der Waals surface area contributed by atoms with Gasteiger partial charge in [-0.3, -0.25) is 4.79 Å². The standard InChI is InChI=1S/C10H18O2/c1-3-8-12-9(11)10(2)6-4-5-7-10/h3-8H2,1-2H3. The molecule has 0 saturated heterocycles. The summed E-state index contributed by atoms with van der Waals surface area (Å²) in [5.41, 5.74) is -0.158. The summed E-state index contributed by atoms with van der Waals surface area (Å²) in [7, 11) is 0. The highest BCUT2D eigenvalue weighted by Gasteiger charge is 2.37. The van der Waals surface area contributed by atoms with Crippen molar-refractivity contribution in [2.24, 2.45) is 5.41 Å². The van der Waals surface area contributed by atoms with Crippen molar-refractivity contribution in [1.29, 1.82) is 0 Å². The number of rotatable bonds is 3. The molecule has 0 atom stereocenters. The Labute approximate surface area is 74.3 Å². The zero-order chi connectivity index (χ0) is 9.03. The highest BCUT2D eigenvalue weighted by atomic mass is 16.5. The largest absolute Gasteiger partial charge is 0.465 e. The van der Waals surface area contributed by atoms with Crippen LogP contribution in [0.5, 0.6) is 0 Å². The summed E-state index contributed by atoms with van der Waals surface area (Å²) in [4.78, 5) is 11.5. The van der Waals surface area contributed by atoms with Gasteiger partial charge in [0.2, 0.25) is 0 Å². The lowest BCUT2D eigenvalue weighted by atomic mass is 9.89. The highest BCUT2D eigenvalue weighted by molar-refractivity contribution is 5.76. The van der Waals surface area contributed by atoms with Gasteiger partial charge in [0.15, 0.2) is 0 Å². The van der Waals surface area contributed by atoms with Crippen molar-refractivity contribution >= 4 is 5.97 Å². The molecule has 70 valence electrons. The zero-order valence-corrected chi connectivity index (χ0v) is 8.06. The monoisotopic (exact) mass is 170 g/mol. The lowest BCUT2D eigenvalue weighted by Crippen LogP contribution is -2.26. The van der Waals surface area contributed by atoms with Gasteiger partial charge in [0, 0.05) is 0 Å². The molecular formula is C10H18O2. The van der Waals surface area contributed by atoms with E-state index in [1.165, 1.54) is 12.8 Å². The number of esters is 1. The first-order valence-electron chi connectivity index (χ1n) is 4.86. The molecule has 1 aliphatic carbocycles. The van der Waals surface area contributed by atoms with Gasteiger partial charge in [-0.15, -0.1) is 0 Å². The second kappa shape index (κ2) is 3.92. The Bertz CT molecular complexity index is 157. The summed E-state index contributed by atoms with van der Waals surface area (Å²) in [5, 5.41) is 0. The molecular weight excluding hydrogens is 152 g/mol. The Morgan fingerprint density at radius 2 is 2.00 bits per heavy atom. The summed E-state index contributed by atoms with van der Waals surface area (Å²) >= 11 is 0. The second-order valence-electron chi connectivity index (χ2n) is 3.90. The zero-order valence-electron chi connectivity index (χ0n) is 8.06. The van der Waals surface area contributed by atoms with Crippen LogP contribution >= 0.6 is 0 Å². The lowest BCUT2D eigenvalue weighted by molar-refractivity contribution is -0.154. The SMILES string of the molecule is CCCOC(=O)C1(C)CCCC1. The van der Waals surface area contributed by atoms with Crippen molar-refractivity contribution < 1.29 is 9.53 Å². The van der Waals surface area contributed by atoms with E-state index in [-0.39, 0.29) is 11.4 Å². The average molecular weight is 170 g/mol. The third-order valence-corrected chi connectivity index (χ3v) is 2.64. The molecule has 1 fully saturated rings. The van der Waals surface area contributed by atoms with E-state index in [4.69, 9.17) is 4.74 Å². The van der Waals surface area contributed by atoms with Crippen LogP contribution in [0.2, 0.25) is 0 Å². The minimum absolute atomic E-state index is 0.0156. The van der Waals surface area contributed by atoms with Gasteiger partial charge in [-0.05, 0) is 26.2 Å². The van der Waals surface area contributed by atoms with Crippen LogP contribution in [0.4, 0.5) is 0 Å². The van der Waals surface area contributed by atoms with Crippen molar-refractivity contribution in [2.75, 3.05) is 6.61 Å². The van der Waals surface area contributed by atoms with E-state index in [0.29, 0.717) is 6.61 Å². The fourth-order valence-corrected chi connectivity index (χ4v) is 1.73. The highest BCUT2D eigenvalue weighted by Crippen LogP contribution is 2.38. The van der Waals surface area contributed by atoms with E-state index in [0.717, 1.165) is 19.3 Å². The third kappa shape index (κ3) is 1.99. The molecule has 0 N–H and O–H groups in total. The average Bonchev–Trinajstić information content (AvgIpc) is 2.49. The first kappa shape index (κ1) is 9.56. The fraction of sp³-hybridized carbons (Fsp3) is 0.900. The molecule has 2 heteroatoms. The van der Waals surface area contributed by atoms with Crippen LogP contribution in [0.25, 0.3) is 0 Å². The maximum atomic E-state index is 11.5. The van der Waals surface area contributed by atoms with E-state index in [1.54, 1.807) is 0 Å². The predicted octanol–water partition coefficient (Wildman–Crippen LogP) is 2.52. The smallest absolute Gasteiger partial charge is 0.311 e. The van der Waals surface area contributed by atoms with Crippen LogP contribution < -0.4 is 0 Å². The molecule has 0 heterocycles. The van der Waals surface area contributed by atoms with Gasteiger partial charge in [0.25, 0.3) is 0 Å². The molecule has 0 bridgehead atoms. The normalized spacial score (nSPS) is 20.8. The van der Waals surface area contributed by atoms with E-state index in [2.05, 4.69) is 0 Å². The fourth-order valence-electron chi connectivity index (χ4n) is 1.73. The maximum absolute atomic E-state index is 11.5. The number of carbonyl (C=O) groups is 1. The van der Waals surface area contributed by atoms with Crippen molar-refractivity contribution in [1.82, 2.24) is 0 Å². The Balaban J connectivity index is 2.39. The summed E-state index contributed by atoms with van der Waals surface area (Å²) < 4.78 is 5.14. The Morgan fingerprint density at radius 3 is 2.50 bits per heavy atom. The molecule has 1 saturated carbocycles. The molecule has 0 aromatic heterocycles. The summed E-state index contributed by atoms with van der Waals surface area (Å²) in [5.74, 6) is 0.0156. The number of hydrogen-bond acceptors (Lipinski definition) is 2. The number of carbonyl (C=O) groups excluding carboxylic acids is 1. The summed E-state index contributed by atoms with van der Waals surface area (Å²) in [6.45, 7) is 4.62. The molecule has 0 aromatic rings. The molecule has 0 spiro atoms. The van der Waals surface area contributed by atoms with Crippen LogP contribution in [0, 0.1) is 5.41 Å². The van der Waals surface area contributed by atoms with Crippen molar-refractivity contribution in [3.05, 3.63) is 0 Å². The van der Waals surface area contributed by atoms with Gasteiger partial charge < -0.3 is 4.74 Å². The minimum Gasteiger partial charge on any atom is -0.465 e. The first-order valence-corrected chi connectivity index (χ1v) is 4.86. The molecule has 0 aliphatic heterocycles. The van der Waals surface area contributed by atoms with Gasteiger partial charge in [0.05, 0.1) is 12.0 Å². The Kier molecular flexibility index (Phi) is 3.12. The van der Waals surface area contributed by atoms with Gasteiger partial charge >= 0.3 is 5.97 Å². The summed E-state index contributed by atoms with van der Waals surface area (Å²) in [6, 6.07) is 0. The van der Waals surface area contributed by atoms with E-state index in [1.807, 2.05) is 13.8 Å². The minimum atomic E-state index is -0.158. The maximum Gasteiger partial charge on any atom is 0.311 e. The Hall–Kier alpha value is -0.530. The van der Waals surface area contributed by atoms with Crippen molar-refractivity contribution in [3.63, 3.8) is 0 Å². The van der Waals surface area contributed by atoms with Gasteiger partial charge in [-0.25, -0.2) is 0 Å². The molecule has 0 radical (unpaired) electrons. The molecule has 12 heavy (non-hydrogen) atoms. The van der Waals surface area contributed by atoms with Crippen LogP contribution in [-0.2, 0) is 9.53 Å². The van der Waals surface area contributed by atoms with Gasteiger partial charge in [-0.1, -0.05) is 19.8 Å².